The summed E-state index contributed by atoms with van der Waals surface area (Å²) in [4.78, 5) is 13.2. The number of nitrogens with one attached hydrogen (secondary N) is 2. The molecule has 184 valence electrons. The molecule has 4 rings (SSSR count). The molecule has 0 aromatic heterocycles. The molecule has 0 spiro atoms. The fourth-order valence-corrected chi connectivity index (χ4v) is 5.67. The van der Waals surface area contributed by atoms with Crippen molar-refractivity contribution in [2.75, 3.05) is 4.72 Å². The summed E-state index contributed by atoms with van der Waals surface area (Å²) < 4.78 is 29.1. The van der Waals surface area contributed by atoms with Crippen LogP contribution in [-0.2, 0) is 10.0 Å². The number of hydrogen-bond acceptors (Lipinski definition) is 3. The van der Waals surface area contributed by atoms with E-state index in [4.69, 9.17) is 11.6 Å². The van der Waals surface area contributed by atoms with Gasteiger partial charge in [-0.1, -0.05) is 78.3 Å². The van der Waals surface area contributed by atoms with Gasteiger partial charge >= 0.3 is 0 Å². The number of sulfonamides is 1. The number of benzene rings is 4. The molecule has 4 aromatic rings. The van der Waals surface area contributed by atoms with Gasteiger partial charge in [-0.3, -0.25) is 9.52 Å². The molecular formula is C29H27ClN2O3S. The first-order valence-electron chi connectivity index (χ1n) is 11.5. The number of hydrogen-bond donors (Lipinski definition) is 2. The molecule has 0 aliphatic carbocycles. The summed E-state index contributed by atoms with van der Waals surface area (Å²) in [7, 11) is -4.04. The van der Waals surface area contributed by atoms with Crippen LogP contribution >= 0.6 is 11.6 Å². The first-order valence-corrected chi connectivity index (χ1v) is 13.3. The van der Waals surface area contributed by atoms with Gasteiger partial charge in [-0.05, 0) is 72.9 Å². The summed E-state index contributed by atoms with van der Waals surface area (Å²) in [6.07, 6.45) is 0. The molecule has 5 nitrogen and oxygen atoms in total. The average molecular weight is 519 g/mol. The molecule has 1 atom stereocenters. The van der Waals surface area contributed by atoms with Crippen LogP contribution in [0.3, 0.4) is 0 Å². The van der Waals surface area contributed by atoms with Crippen molar-refractivity contribution in [1.82, 2.24) is 5.32 Å². The third-order valence-electron chi connectivity index (χ3n) is 6.24. The van der Waals surface area contributed by atoms with Gasteiger partial charge in [0.25, 0.3) is 15.9 Å². The molecule has 36 heavy (non-hydrogen) atoms. The largest absolute Gasteiger partial charge is 0.341 e. The van der Waals surface area contributed by atoms with E-state index in [1.807, 2.05) is 81.4 Å². The Labute approximate surface area is 217 Å². The van der Waals surface area contributed by atoms with Crippen LogP contribution in [0.5, 0.6) is 0 Å². The van der Waals surface area contributed by atoms with Crippen molar-refractivity contribution in [3.05, 3.63) is 129 Å². The van der Waals surface area contributed by atoms with E-state index in [0.717, 1.165) is 27.8 Å². The van der Waals surface area contributed by atoms with Crippen molar-refractivity contribution < 1.29 is 13.2 Å². The van der Waals surface area contributed by atoms with Crippen LogP contribution in [0.15, 0.2) is 95.9 Å². The summed E-state index contributed by atoms with van der Waals surface area (Å²) in [5.74, 6) is -0.410. The van der Waals surface area contributed by atoms with Crippen molar-refractivity contribution in [2.45, 2.75) is 31.7 Å². The van der Waals surface area contributed by atoms with E-state index in [-0.39, 0.29) is 15.5 Å². The second kappa shape index (κ2) is 10.6. The highest BCUT2D eigenvalue weighted by Gasteiger charge is 2.24. The van der Waals surface area contributed by atoms with Crippen molar-refractivity contribution in [3.8, 4) is 0 Å². The normalized spacial score (nSPS) is 12.1. The minimum absolute atomic E-state index is 0.0304. The minimum Gasteiger partial charge on any atom is -0.341 e. The molecule has 0 fully saturated rings. The molecule has 0 aliphatic heterocycles. The van der Waals surface area contributed by atoms with Gasteiger partial charge < -0.3 is 5.32 Å². The van der Waals surface area contributed by atoms with Crippen LogP contribution in [-0.4, -0.2) is 14.3 Å². The topological polar surface area (TPSA) is 75.3 Å². The molecule has 0 heterocycles. The van der Waals surface area contributed by atoms with Crippen molar-refractivity contribution in [2.24, 2.45) is 0 Å². The molecule has 2 N–H and O–H groups in total. The quantitative estimate of drug-likeness (QED) is 0.290. The third kappa shape index (κ3) is 5.45. The van der Waals surface area contributed by atoms with Crippen LogP contribution in [0, 0.1) is 20.8 Å². The van der Waals surface area contributed by atoms with E-state index in [9.17, 15) is 13.2 Å². The Balaban J connectivity index is 1.67. The third-order valence-corrected chi connectivity index (χ3v) is 8.09. The zero-order valence-corrected chi connectivity index (χ0v) is 21.8. The SMILES string of the molecule is Cc1ccccc1[C@H](NC(=O)c1ccc(Cl)c(S(=O)(=O)Nc2cccc(C)c2C)c1)c1ccccc1. The molecule has 7 heteroatoms. The van der Waals surface area contributed by atoms with Crippen molar-refractivity contribution in [1.29, 1.82) is 0 Å². The lowest BCUT2D eigenvalue weighted by Crippen LogP contribution is -2.30. The number of halogens is 1. The Morgan fingerprint density at radius 3 is 2.19 bits per heavy atom. The summed E-state index contributed by atoms with van der Waals surface area (Å²) in [6, 6.07) is 26.7. The van der Waals surface area contributed by atoms with Gasteiger partial charge in [0, 0.05) is 5.56 Å². The fraction of sp³-hybridized carbons (Fsp3) is 0.138. The van der Waals surface area contributed by atoms with Gasteiger partial charge in [-0.2, -0.15) is 0 Å². The predicted molar refractivity (Wildman–Crippen MR) is 145 cm³/mol. The second-order valence-corrected chi connectivity index (χ2v) is 10.7. The number of carbonyl (C=O) groups excluding carboxylic acids is 1. The highest BCUT2D eigenvalue weighted by atomic mass is 35.5. The molecule has 1 amide bonds. The Hall–Kier alpha value is -3.61. The molecular weight excluding hydrogens is 492 g/mol. The maximum Gasteiger partial charge on any atom is 0.263 e. The number of anilines is 1. The van der Waals surface area contributed by atoms with Gasteiger partial charge in [0.2, 0.25) is 0 Å². The van der Waals surface area contributed by atoms with Gasteiger partial charge in [-0.15, -0.1) is 0 Å². The monoisotopic (exact) mass is 518 g/mol. The summed E-state index contributed by atoms with van der Waals surface area (Å²) >= 11 is 6.29. The zero-order chi connectivity index (χ0) is 25.9. The standard InChI is InChI=1S/C29H27ClN2O3S/c1-19-11-9-15-26(21(19)3)32-36(34,35)27-18-23(16-17-25(27)30)29(33)31-28(22-12-5-4-6-13-22)24-14-8-7-10-20(24)2/h4-18,28,32H,1-3H3,(H,31,33)/t28-/m1/s1. The molecule has 0 bridgehead atoms. The molecule has 4 aromatic carbocycles. The highest BCUT2D eigenvalue weighted by Crippen LogP contribution is 2.29. The first kappa shape index (κ1) is 25.5. The van der Waals surface area contributed by atoms with Crippen molar-refractivity contribution >= 4 is 33.2 Å². The second-order valence-electron chi connectivity index (χ2n) is 8.67. The number of amides is 1. The van der Waals surface area contributed by atoms with Crippen LogP contribution < -0.4 is 10.0 Å². The molecule has 0 saturated heterocycles. The summed E-state index contributed by atoms with van der Waals surface area (Å²) in [6.45, 7) is 5.74. The van der Waals surface area contributed by atoms with E-state index in [1.165, 1.54) is 18.2 Å². The zero-order valence-electron chi connectivity index (χ0n) is 20.2. The Morgan fingerprint density at radius 2 is 1.47 bits per heavy atom. The summed E-state index contributed by atoms with van der Waals surface area (Å²) in [5, 5.41) is 3.10. The molecule has 0 unspecified atom stereocenters. The van der Waals surface area contributed by atoms with Gasteiger partial charge in [0.15, 0.2) is 0 Å². The predicted octanol–water partition coefficient (Wildman–Crippen LogP) is 6.59. The lowest BCUT2D eigenvalue weighted by atomic mass is 9.94. The number of rotatable bonds is 7. The Bertz CT molecular complexity index is 1520. The molecule has 0 saturated carbocycles. The average Bonchev–Trinajstić information content (AvgIpc) is 2.86. The van der Waals surface area contributed by atoms with E-state index in [2.05, 4.69) is 10.0 Å². The highest BCUT2D eigenvalue weighted by molar-refractivity contribution is 7.92. The van der Waals surface area contributed by atoms with E-state index < -0.39 is 22.0 Å². The Morgan fingerprint density at radius 1 is 0.806 bits per heavy atom. The van der Waals surface area contributed by atoms with Crippen LogP contribution in [0.2, 0.25) is 5.02 Å². The van der Waals surface area contributed by atoms with E-state index in [0.29, 0.717) is 5.69 Å². The minimum atomic E-state index is -4.04. The van der Waals surface area contributed by atoms with Crippen molar-refractivity contribution in [3.63, 3.8) is 0 Å². The van der Waals surface area contributed by atoms with Crippen LogP contribution in [0.25, 0.3) is 0 Å². The maximum absolute atomic E-state index is 13.4. The lowest BCUT2D eigenvalue weighted by Gasteiger charge is -2.22. The number of aryl methyl sites for hydroxylation is 2. The smallest absolute Gasteiger partial charge is 0.263 e. The summed E-state index contributed by atoms with van der Waals surface area (Å²) in [5.41, 5.74) is 5.32. The lowest BCUT2D eigenvalue weighted by molar-refractivity contribution is 0.0942. The van der Waals surface area contributed by atoms with E-state index >= 15 is 0 Å². The Kier molecular flexibility index (Phi) is 7.48. The van der Waals surface area contributed by atoms with E-state index in [1.54, 1.807) is 12.1 Å². The van der Waals surface area contributed by atoms with Crippen LogP contribution in [0.4, 0.5) is 5.69 Å². The van der Waals surface area contributed by atoms with Gasteiger partial charge in [-0.25, -0.2) is 8.42 Å². The maximum atomic E-state index is 13.4. The fourth-order valence-electron chi connectivity index (χ4n) is 4.02. The van der Waals surface area contributed by atoms with Crippen LogP contribution in [0.1, 0.15) is 44.2 Å². The number of carbonyl (C=O) groups is 1. The van der Waals surface area contributed by atoms with Gasteiger partial charge in [0.1, 0.15) is 4.90 Å². The first-order chi connectivity index (χ1) is 17.2. The van der Waals surface area contributed by atoms with Gasteiger partial charge in [0.05, 0.1) is 16.8 Å². The molecule has 0 radical (unpaired) electrons. The molecule has 0 aliphatic rings.